The lowest BCUT2D eigenvalue weighted by molar-refractivity contribution is -0.174. The highest BCUT2D eigenvalue weighted by atomic mass is 16.5. The van der Waals surface area contributed by atoms with Crippen molar-refractivity contribution in [1.82, 2.24) is 0 Å². The van der Waals surface area contributed by atoms with E-state index in [2.05, 4.69) is 0 Å². The van der Waals surface area contributed by atoms with Crippen LogP contribution in [0.2, 0.25) is 0 Å². The van der Waals surface area contributed by atoms with Gasteiger partial charge in [0.05, 0.1) is 6.61 Å². The summed E-state index contributed by atoms with van der Waals surface area (Å²) in [7, 11) is 0. The maximum absolute atomic E-state index is 12.0. The van der Waals surface area contributed by atoms with Crippen LogP contribution in [0.3, 0.4) is 0 Å². The molecule has 0 heterocycles. The molecule has 0 aromatic carbocycles. The van der Waals surface area contributed by atoms with Gasteiger partial charge in [-0.1, -0.05) is 46.0 Å². The molecule has 2 atom stereocenters. The van der Waals surface area contributed by atoms with Crippen LogP contribution in [0.5, 0.6) is 0 Å². The SMILES string of the molecule is CCCC(O)(C(=O)OCC)C(C)C1CCCC1. The van der Waals surface area contributed by atoms with Gasteiger partial charge in [0.25, 0.3) is 0 Å². The molecule has 3 heteroatoms. The summed E-state index contributed by atoms with van der Waals surface area (Å²) in [6, 6.07) is 0. The molecular formula is C14H26O3. The van der Waals surface area contributed by atoms with Crippen LogP contribution in [0.25, 0.3) is 0 Å². The van der Waals surface area contributed by atoms with Crippen LogP contribution < -0.4 is 0 Å². The molecule has 0 spiro atoms. The third kappa shape index (κ3) is 3.21. The lowest BCUT2D eigenvalue weighted by Gasteiger charge is -2.35. The predicted octanol–water partition coefficient (Wildman–Crippen LogP) is 2.91. The number of carbonyl (C=O) groups excluding carboxylic acids is 1. The van der Waals surface area contributed by atoms with Gasteiger partial charge in [-0.2, -0.15) is 0 Å². The number of esters is 1. The van der Waals surface area contributed by atoms with Gasteiger partial charge in [-0.15, -0.1) is 0 Å². The number of hydrogen-bond acceptors (Lipinski definition) is 3. The summed E-state index contributed by atoms with van der Waals surface area (Å²) < 4.78 is 5.05. The minimum atomic E-state index is -1.28. The molecular weight excluding hydrogens is 216 g/mol. The van der Waals surface area contributed by atoms with Crippen LogP contribution in [0.4, 0.5) is 0 Å². The molecule has 3 nitrogen and oxygen atoms in total. The van der Waals surface area contributed by atoms with E-state index in [9.17, 15) is 9.90 Å². The molecule has 2 unspecified atom stereocenters. The molecule has 0 bridgehead atoms. The van der Waals surface area contributed by atoms with Crippen LogP contribution >= 0.6 is 0 Å². The maximum Gasteiger partial charge on any atom is 0.338 e. The van der Waals surface area contributed by atoms with Crippen molar-refractivity contribution in [2.24, 2.45) is 11.8 Å². The Morgan fingerprint density at radius 2 is 2.00 bits per heavy atom. The van der Waals surface area contributed by atoms with Gasteiger partial charge < -0.3 is 9.84 Å². The van der Waals surface area contributed by atoms with E-state index in [1.807, 2.05) is 13.8 Å². The summed E-state index contributed by atoms with van der Waals surface area (Å²) >= 11 is 0. The first-order chi connectivity index (χ1) is 8.06. The average Bonchev–Trinajstić information content (AvgIpc) is 2.81. The van der Waals surface area contributed by atoms with Gasteiger partial charge in [0.15, 0.2) is 5.60 Å². The monoisotopic (exact) mass is 242 g/mol. The molecule has 0 aromatic rings. The predicted molar refractivity (Wildman–Crippen MR) is 67.6 cm³/mol. The first-order valence-electron chi connectivity index (χ1n) is 6.95. The van der Waals surface area contributed by atoms with Crippen LogP contribution in [0.1, 0.15) is 59.3 Å². The van der Waals surface area contributed by atoms with Crippen molar-refractivity contribution in [3.8, 4) is 0 Å². The van der Waals surface area contributed by atoms with E-state index in [1.165, 1.54) is 12.8 Å². The fourth-order valence-electron chi connectivity index (χ4n) is 3.00. The topological polar surface area (TPSA) is 46.5 Å². The van der Waals surface area contributed by atoms with E-state index >= 15 is 0 Å². The van der Waals surface area contributed by atoms with Crippen LogP contribution in [-0.4, -0.2) is 23.3 Å². The Morgan fingerprint density at radius 1 is 1.41 bits per heavy atom. The van der Waals surface area contributed by atoms with E-state index < -0.39 is 11.6 Å². The van der Waals surface area contributed by atoms with E-state index in [-0.39, 0.29) is 5.92 Å². The number of rotatable bonds is 6. The summed E-state index contributed by atoms with van der Waals surface area (Å²) in [6.07, 6.45) is 6.01. The third-order valence-electron chi connectivity index (χ3n) is 4.12. The molecule has 1 aliphatic carbocycles. The van der Waals surface area contributed by atoms with Crippen molar-refractivity contribution < 1.29 is 14.6 Å². The molecule has 0 aliphatic heterocycles. The highest BCUT2D eigenvalue weighted by Gasteiger charge is 2.45. The Labute approximate surface area is 105 Å². The van der Waals surface area contributed by atoms with Crippen molar-refractivity contribution in [2.75, 3.05) is 6.61 Å². The number of carbonyl (C=O) groups is 1. The number of ether oxygens (including phenoxy) is 1. The highest BCUT2D eigenvalue weighted by molar-refractivity contribution is 5.79. The number of aliphatic hydroxyl groups is 1. The first-order valence-corrected chi connectivity index (χ1v) is 6.95. The molecule has 1 fully saturated rings. The van der Waals surface area contributed by atoms with Gasteiger partial charge >= 0.3 is 5.97 Å². The molecule has 0 radical (unpaired) electrons. The van der Waals surface area contributed by atoms with E-state index in [1.54, 1.807) is 6.92 Å². The zero-order valence-corrected chi connectivity index (χ0v) is 11.4. The Morgan fingerprint density at radius 3 is 2.47 bits per heavy atom. The Hall–Kier alpha value is -0.570. The minimum absolute atomic E-state index is 0.00370. The second-order valence-corrected chi connectivity index (χ2v) is 5.23. The van der Waals surface area contributed by atoms with Crippen molar-refractivity contribution in [3.05, 3.63) is 0 Å². The summed E-state index contributed by atoms with van der Waals surface area (Å²) in [5.74, 6) is 0.0428. The molecule has 0 aromatic heterocycles. The summed E-state index contributed by atoms with van der Waals surface area (Å²) in [4.78, 5) is 12.0. The van der Waals surface area contributed by atoms with Crippen molar-refractivity contribution in [3.63, 3.8) is 0 Å². The molecule has 1 saturated carbocycles. The van der Waals surface area contributed by atoms with Gasteiger partial charge in [0.2, 0.25) is 0 Å². The van der Waals surface area contributed by atoms with Gasteiger partial charge in [0.1, 0.15) is 0 Å². The smallest absolute Gasteiger partial charge is 0.338 e. The molecule has 0 saturated heterocycles. The molecule has 0 amide bonds. The zero-order chi connectivity index (χ0) is 12.9. The standard InChI is InChI=1S/C14H26O3/c1-4-10-14(16,13(15)17-5-2)11(3)12-8-6-7-9-12/h11-12,16H,4-10H2,1-3H3. The van der Waals surface area contributed by atoms with Crippen LogP contribution in [0.15, 0.2) is 0 Å². The van der Waals surface area contributed by atoms with E-state index in [4.69, 9.17) is 4.74 Å². The van der Waals surface area contributed by atoms with Crippen molar-refractivity contribution in [1.29, 1.82) is 0 Å². The highest BCUT2D eigenvalue weighted by Crippen LogP contribution is 2.39. The fourth-order valence-corrected chi connectivity index (χ4v) is 3.00. The number of hydrogen-bond donors (Lipinski definition) is 1. The van der Waals surface area contributed by atoms with Gasteiger partial charge in [0, 0.05) is 0 Å². The van der Waals surface area contributed by atoms with Crippen molar-refractivity contribution in [2.45, 2.75) is 64.9 Å². The second kappa shape index (κ2) is 6.39. The zero-order valence-electron chi connectivity index (χ0n) is 11.4. The Bertz CT molecular complexity index is 246. The van der Waals surface area contributed by atoms with E-state index in [0.717, 1.165) is 19.3 Å². The lowest BCUT2D eigenvalue weighted by Crippen LogP contribution is -2.48. The second-order valence-electron chi connectivity index (χ2n) is 5.23. The van der Waals surface area contributed by atoms with Gasteiger partial charge in [-0.05, 0) is 25.2 Å². The van der Waals surface area contributed by atoms with E-state index in [0.29, 0.717) is 18.9 Å². The first kappa shape index (κ1) is 14.5. The molecule has 17 heavy (non-hydrogen) atoms. The normalized spacial score (nSPS) is 22.1. The van der Waals surface area contributed by atoms with Gasteiger partial charge in [-0.25, -0.2) is 4.79 Å². The lowest BCUT2D eigenvalue weighted by atomic mass is 9.76. The summed E-state index contributed by atoms with van der Waals surface area (Å²) in [5.41, 5.74) is -1.28. The summed E-state index contributed by atoms with van der Waals surface area (Å²) in [6.45, 7) is 6.11. The average molecular weight is 242 g/mol. The fraction of sp³-hybridized carbons (Fsp3) is 0.929. The quantitative estimate of drug-likeness (QED) is 0.728. The Kier molecular flexibility index (Phi) is 5.44. The molecule has 1 aliphatic rings. The maximum atomic E-state index is 12.0. The van der Waals surface area contributed by atoms with Gasteiger partial charge in [-0.3, -0.25) is 0 Å². The molecule has 1 rings (SSSR count). The van der Waals surface area contributed by atoms with Crippen LogP contribution in [-0.2, 0) is 9.53 Å². The van der Waals surface area contributed by atoms with Crippen LogP contribution in [0, 0.1) is 11.8 Å². The molecule has 1 N–H and O–H groups in total. The summed E-state index contributed by atoms with van der Waals surface area (Å²) in [5, 5.41) is 10.7. The minimum Gasteiger partial charge on any atom is -0.464 e. The molecule has 100 valence electrons. The Balaban J connectivity index is 2.77. The third-order valence-corrected chi connectivity index (χ3v) is 4.12. The van der Waals surface area contributed by atoms with Crippen molar-refractivity contribution >= 4 is 5.97 Å². The largest absolute Gasteiger partial charge is 0.464 e.